The molecule has 208 valence electrons. The van der Waals surface area contributed by atoms with E-state index < -0.39 is 18.4 Å². The van der Waals surface area contributed by atoms with Crippen LogP contribution in [0.3, 0.4) is 0 Å². The van der Waals surface area contributed by atoms with Gasteiger partial charge in [-0.2, -0.15) is 0 Å². The van der Waals surface area contributed by atoms with Crippen LogP contribution < -0.4 is 9.64 Å². The van der Waals surface area contributed by atoms with E-state index in [1.165, 1.54) is 12.1 Å². The van der Waals surface area contributed by atoms with E-state index >= 15 is 0 Å². The highest BCUT2D eigenvalue weighted by Gasteiger charge is 2.51. The number of ether oxygens (including phenoxy) is 2. The summed E-state index contributed by atoms with van der Waals surface area (Å²) in [7, 11) is 0. The van der Waals surface area contributed by atoms with Crippen molar-refractivity contribution in [2.75, 3.05) is 4.90 Å². The first-order chi connectivity index (χ1) is 18.6. The molecule has 8 nitrogen and oxygen atoms in total. The summed E-state index contributed by atoms with van der Waals surface area (Å²) in [5.74, 6) is -1.58. The number of alkyl halides is 3. The van der Waals surface area contributed by atoms with Gasteiger partial charge in [0.15, 0.2) is 0 Å². The summed E-state index contributed by atoms with van der Waals surface area (Å²) in [6.07, 6.45) is -1.51. The van der Waals surface area contributed by atoms with Crippen molar-refractivity contribution in [2.24, 2.45) is 5.92 Å². The Labute approximate surface area is 223 Å². The lowest BCUT2D eigenvalue weighted by molar-refractivity contribution is -0.274. The van der Waals surface area contributed by atoms with Gasteiger partial charge in [0.2, 0.25) is 5.91 Å². The minimum absolute atomic E-state index is 0.0272. The summed E-state index contributed by atoms with van der Waals surface area (Å²) >= 11 is 0. The molecule has 3 atom stereocenters. The monoisotopic (exact) mass is 546 g/mol. The van der Waals surface area contributed by atoms with Crippen LogP contribution in [-0.4, -0.2) is 46.4 Å². The molecule has 3 unspecified atom stereocenters. The van der Waals surface area contributed by atoms with E-state index in [4.69, 9.17) is 9.84 Å². The molecule has 11 heteroatoms. The molecule has 2 aromatic rings. The molecule has 0 spiro atoms. The number of hydrogen-bond donors (Lipinski definition) is 1. The normalized spacial score (nSPS) is 22.0. The fourth-order valence-electron chi connectivity index (χ4n) is 5.90. The van der Waals surface area contributed by atoms with Gasteiger partial charge in [-0.3, -0.25) is 14.5 Å². The lowest BCUT2D eigenvalue weighted by atomic mass is 9.81. The van der Waals surface area contributed by atoms with Gasteiger partial charge in [-0.1, -0.05) is 36.8 Å². The van der Waals surface area contributed by atoms with Crippen LogP contribution in [0.4, 0.5) is 23.7 Å². The standard InChI is InChI=1S/C28H29F3N2O6/c29-28(30,31)39-19-12-8-17(9-13-19)16-38-27(37)33-22-6-2-1-4-20(22)26(21-5-3-7-23(21)33)32(18-10-11-18)24(34)14-15-25(35)36/h1-2,4,6,8-9,12-13,18,21,23,26H,3,5,7,10-11,14-16H2,(H,35,36). The van der Waals surface area contributed by atoms with Crippen molar-refractivity contribution in [1.29, 1.82) is 0 Å². The van der Waals surface area contributed by atoms with Crippen LogP contribution in [0.15, 0.2) is 48.5 Å². The molecule has 2 aromatic carbocycles. The lowest BCUT2D eigenvalue weighted by Gasteiger charge is -2.47. The number of benzene rings is 2. The van der Waals surface area contributed by atoms with E-state index in [-0.39, 0.29) is 55.1 Å². The largest absolute Gasteiger partial charge is 0.573 e. The van der Waals surface area contributed by atoms with Crippen molar-refractivity contribution in [1.82, 2.24) is 4.90 Å². The third kappa shape index (κ3) is 5.97. The van der Waals surface area contributed by atoms with Gasteiger partial charge < -0.3 is 19.5 Å². The topological polar surface area (TPSA) is 96.4 Å². The Bertz CT molecular complexity index is 1230. The Hall–Kier alpha value is -3.76. The molecule has 2 amide bonds. The summed E-state index contributed by atoms with van der Waals surface area (Å²) in [5.41, 5.74) is 2.00. The molecule has 1 aliphatic heterocycles. The zero-order chi connectivity index (χ0) is 27.7. The number of anilines is 1. The summed E-state index contributed by atoms with van der Waals surface area (Å²) in [6, 6.07) is 12.2. The van der Waals surface area contributed by atoms with E-state index in [9.17, 15) is 27.6 Å². The van der Waals surface area contributed by atoms with Crippen LogP contribution in [0.2, 0.25) is 0 Å². The highest BCUT2D eigenvalue weighted by Crippen LogP contribution is 2.52. The third-order valence-electron chi connectivity index (χ3n) is 7.58. The second-order valence-electron chi connectivity index (χ2n) is 10.2. The Morgan fingerprint density at radius 2 is 1.69 bits per heavy atom. The number of rotatable bonds is 8. The number of carboxylic acid groups (broad SMARTS) is 1. The Kier molecular flexibility index (Phi) is 7.42. The minimum atomic E-state index is -4.79. The van der Waals surface area contributed by atoms with Gasteiger partial charge in [-0.05, 0) is 55.0 Å². The molecule has 1 heterocycles. The van der Waals surface area contributed by atoms with Crippen LogP contribution in [0.25, 0.3) is 0 Å². The fraction of sp³-hybridized carbons (Fsp3) is 0.464. The molecule has 0 radical (unpaired) electrons. The van der Waals surface area contributed by atoms with Crippen LogP contribution >= 0.6 is 0 Å². The van der Waals surface area contributed by atoms with Gasteiger partial charge in [0, 0.05) is 24.4 Å². The average molecular weight is 547 g/mol. The number of halogens is 3. The van der Waals surface area contributed by atoms with E-state index in [1.807, 2.05) is 29.2 Å². The molecule has 2 fully saturated rings. The van der Waals surface area contributed by atoms with Crippen LogP contribution in [0.1, 0.15) is 62.1 Å². The van der Waals surface area contributed by atoms with E-state index in [0.717, 1.165) is 49.8 Å². The van der Waals surface area contributed by atoms with Crippen molar-refractivity contribution < 1.29 is 42.1 Å². The number of nitrogens with zero attached hydrogens (tertiary/aromatic N) is 2. The molecule has 0 bridgehead atoms. The van der Waals surface area contributed by atoms with Gasteiger partial charge in [-0.25, -0.2) is 4.79 Å². The molecular weight excluding hydrogens is 517 g/mol. The van der Waals surface area contributed by atoms with Crippen molar-refractivity contribution >= 4 is 23.7 Å². The van der Waals surface area contributed by atoms with Gasteiger partial charge in [0.05, 0.1) is 18.2 Å². The smallest absolute Gasteiger partial charge is 0.481 e. The number of aliphatic carboxylic acids is 1. The molecule has 0 saturated heterocycles. The zero-order valence-corrected chi connectivity index (χ0v) is 21.1. The van der Waals surface area contributed by atoms with Crippen molar-refractivity contribution in [3.05, 3.63) is 59.7 Å². The Morgan fingerprint density at radius 3 is 2.36 bits per heavy atom. The summed E-state index contributed by atoms with van der Waals surface area (Å²) < 4.78 is 46.8. The van der Waals surface area contributed by atoms with Crippen LogP contribution in [-0.2, 0) is 20.9 Å². The fourth-order valence-corrected chi connectivity index (χ4v) is 5.90. The van der Waals surface area contributed by atoms with Crippen LogP contribution in [0.5, 0.6) is 5.75 Å². The zero-order valence-electron chi connectivity index (χ0n) is 21.1. The Morgan fingerprint density at radius 1 is 0.974 bits per heavy atom. The molecule has 2 aliphatic carbocycles. The predicted molar refractivity (Wildman–Crippen MR) is 133 cm³/mol. The van der Waals surface area contributed by atoms with Crippen molar-refractivity contribution in [3.8, 4) is 5.75 Å². The molecule has 3 aliphatic rings. The lowest BCUT2D eigenvalue weighted by Crippen LogP contribution is -2.53. The number of amides is 2. The van der Waals surface area contributed by atoms with Gasteiger partial charge in [-0.15, -0.1) is 13.2 Å². The summed E-state index contributed by atoms with van der Waals surface area (Å²) in [6.45, 7) is -0.132. The van der Waals surface area contributed by atoms with Gasteiger partial charge in [0.25, 0.3) is 0 Å². The third-order valence-corrected chi connectivity index (χ3v) is 7.58. The molecule has 1 N–H and O–H groups in total. The average Bonchev–Trinajstić information content (AvgIpc) is 3.61. The summed E-state index contributed by atoms with van der Waals surface area (Å²) in [4.78, 5) is 41.4. The maximum absolute atomic E-state index is 13.4. The number of carboxylic acids is 1. The molecule has 39 heavy (non-hydrogen) atoms. The minimum Gasteiger partial charge on any atom is -0.481 e. The van der Waals surface area contributed by atoms with Crippen LogP contribution in [0, 0.1) is 5.92 Å². The molecule has 2 saturated carbocycles. The summed E-state index contributed by atoms with van der Waals surface area (Å²) in [5, 5.41) is 9.12. The molecule has 0 aromatic heterocycles. The quantitative estimate of drug-likeness (QED) is 0.449. The predicted octanol–water partition coefficient (Wildman–Crippen LogP) is 5.81. The van der Waals surface area contributed by atoms with Gasteiger partial charge >= 0.3 is 18.4 Å². The highest BCUT2D eigenvalue weighted by atomic mass is 19.4. The second-order valence-corrected chi connectivity index (χ2v) is 10.2. The van der Waals surface area contributed by atoms with Crippen molar-refractivity contribution in [2.45, 2.75) is 76.0 Å². The number of carbonyl (C=O) groups excluding carboxylic acids is 2. The van der Waals surface area contributed by atoms with Crippen molar-refractivity contribution in [3.63, 3.8) is 0 Å². The SMILES string of the molecule is O=C(O)CCC(=O)N(C1CC1)C1c2ccccc2N(C(=O)OCc2ccc(OC(F)(F)F)cc2)C2CCCC21. The number of hydrogen-bond acceptors (Lipinski definition) is 5. The van der Waals surface area contributed by atoms with E-state index in [2.05, 4.69) is 4.74 Å². The molecular formula is C28H29F3N2O6. The Balaban J connectivity index is 1.37. The number of fused-ring (bicyclic) bond motifs is 2. The molecule has 5 rings (SSSR count). The highest BCUT2D eigenvalue weighted by molar-refractivity contribution is 5.91. The van der Waals surface area contributed by atoms with E-state index in [0.29, 0.717) is 11.3 Å². The maximum Gasteiger partial charge on any atom is 0.573 e. The first-order valence-corrected chi connectivity index (χ1v) is 13.0. The first-order valence-electron chi connectivity index (χ1n) is 13.0. The van der Waals surface area contributed by atoms with Gasteiger partial charge in [0.1, 0.15) is 12.4 Å². The second kappa shape index (κ2) is 10.8. The number of para-hydroxylation sites is 1. The van der Waals surface area contributed by atoms with E-state index in [1.54, 1.807) is 4.90 Å². The number of carbonyl (C=O) groups is 3. The first kappa shape index (κ1) is 26.8. The maximum atomic E-state index is 13.4.